The van der Waals surface area contributed by atoms with Gasteiger partial charge in [0.1, 0.15) is 0 Å². The van der Waals surface area contributed by atoms with E-state index in [4.69, 9.17) is 0 Å². The molecule has 0 spiro atoms. The van der Waals surface area contributed by atoms with Crippen LogP contribution in [0.4, 0.5) is 5.69 Å². The molecule has 0 bridgehead atoms. The number of hydrogen-bond donors (Lipinski definition) is 2. The lowest BCUT2D eigenvalue weighted by atomic mass is 10.1. The number of carbonyl (C=O) groups is 1. The van der Waals surface area contributed by atoms with Crippen LogP contribution in [0.2, 0.25) is 0 Å². The third-order valence-electron chi connectivity index (χ3n) is 2.60. The fourth-order valence-electron chi connectivity index (χ4n) is 1.75. The zero-order valence-corrected chi connectivity index (χ0v) is 11.5. The highest BCUT2D eigenvalue weighted by atomic mass is 35.5. The smallest absolute Gasteiger partial charge is 0.255 e. The van der Waals surface area contributed by atoms with Gasteiger partial charge in [-0.05, 0) is 36.9 Å². The Labute approximate surface area is 119 Å². The van der Waals surface area contributed by atoms with Crippen LogP contribution in [0.15, 0.2) is 54.6 Å². The van der Waals surface area contributed by atoms with Crippen molar-refractivity contribution in [1.29, 1.82) is 0 Å². The second kappa shape index (κ2) is 7.56. The normalized spacial score (nSPS) is 9.53. The van der Waals surface area contributed by atoms with E-state index < -0.39 is 0 Å². The van der Waals surface area contributed by atoms with Crippen LogP contribution in [0.5, 0.6) is 0 Å². The van der Waals surface area contributed by atoms with Gasteiger partial charge < -0.3 is 10.6 Å². The quantitative estimate of drug-likeness (QED) is 0.901. The van der Waals surface area contributed by atoms with E-state index in [0.717, 1.165) is 17.8 Å². The predicted molar refractivity (Wildman–Crippen MR) is 80.8 cm³/mol. The van der Waals surface area contributed by atoms with Gasteiger partial charge in [-0.2, -0.15) is 0 Å². The summed E-state index contributed by atoms with van der Waals surface area (Å²) in [6, 6.07) is 17.1. The number of carbonyl (C=O) groups excluding carboxylic acids is 1. The van der Waals surface area contributed by atoms with E-state index in [2.05, 4.69) is 10.6 Å². The average Bonchev–Trinajstić information content (AvgIpc) is 2.40. The molecule has 0 aliphatic rings. The molecule has 3 nitrogen and oxygen atoms in total. The molecule has 2 rings (SSSR count). The molecule has 0 atom stereocenters. The van der Waals surface area contributed by atoms with Crippen molar-refractivity contribution in [2.24, 2.45) is 0 Å². The number of hydrogen-bond acceptors (Lipinski definition) is 2. The predicted octanol–water partition coefficient (Wildman–Crippen LogP) is 3.08. The van der Waals surface area contributed by atoms with Gasteiger partial charge in [0.2, 0.25) is 0 Å². The molecule has 0 saturated carbocycles. The minimum atomic E-state index is -0.0841. The number of para-hydroxylation sites is 1. The first-order valence-electron chi connectivity index (χ1n) is 5.89. The summed E-state index contributed by atoms with van der Waals surface area (Å²) >= 11 is 0. The molecule has 0 unspecified atom stereocenters. The Bertz CT molecular complexity index is 529. The van der Waals surface area contributed by atoms with Crippen molar-refractivity contribution in [3.05, 3.63) is 65.7 Å². The van der Waals surface area contributed by atoms with Gasteiger partial charge in [-0.1, -0.05) is 30.3 Å². The number of nitrogens with one attached hydrogen (secondary N) is 2. The Kier molecular flexibility index (Phi) is 6.06. The maximum absolute atomic E-state index is 12.0. The molecule has 0 aliphatic carbocycles. The largest absolute Gasteiger partial charge is 0.322 e. The zero-order chi connectivity index (χ0) is 12.8. The number of amides is 1. The van der Waals surface area contributed by atoms with Crippen molar-refractivity contribution < 1.29 is 4.79 Å². The highest BCUT2D eigenvalue weighted by Gasteiger charge is 2.06. The molecule has 0 aromatic heterocycles. The Morgan fingerprint density at radius 3 is 2.47 bits per heavy atom. The van der Waals surface area contributed by atoms with Crippen LogP contribution in [0, 0.1) is 0 Å². The lowest BCUT2D eigenvalue weighted by Gasteiger charge is -2.06. The van der Waals surface area contributed by atoms with Crippen molar-refractivity contribution >= 4 is 24.0 Å². The molecular weight excluding hydrogens is 260 g/mol. The van der Waals surface area contributed by atoms with E-state index in [1.807, 2.05) is 61.6 Å². The molecule has 1 amide bonds. The summed E-state index contributed by atoms with van der Waals surface area (Å²) in [7, 11) is 1.89. The molecule has 19 heavy (non-hydrogen) atoms. The SMILES string of the molecule is CNCc1cccc(C(=O)Nc2ccccc2)c1.Cl. The maximum atomic E-state index is 12.0. The average molecular weight is 277 g/mol. The topological polar surface area (TPSA) is 41.1 Å². The van der Waals surface area contributed by atoms with Gasteiger partial charge in [0, 0.05) is 17.8 Å². The van der Waals surface area contributed by atoms with Gasteiger partial charge >= 0.3 is 0 Å². The van der Waals surface area contributed by atoms with Crippen LogP contribution < -0.4 is 10.6 Å². The molecule has 0 saturated heterocycles. The molecular formula is C15H17ClN2O. The van der Waals surface area contributed by atoms with E-state index >= 15 is 0 Å². The first-order valence-corrected chi connectivity index (χ1v) is 5.89. The lowest BCUT2D eigenvalue weighted by Crippen LogP contribution is -2.13. The molecule has 0 fully saturated rings. The Hall–Kier alpha value is -1.84. The number of halogens is 1. The highest BCUT2D eigenvalue weighted by molar-refractivity contribution is 6.04. The second-order valence-electron chi connectivity index (χ2n) is 4.05. The van der Waals surface area contributed by atoms with E-state index in [9.17, 15) is 4.79 Å². The summed E-state index contributed by atoms with van der Waals surface area (Å²) in [4.78, 5) is 12.0. The zero-order valence-electron chi connectivity index (χ0n) is 10.7. The minimum Gasteiger partial charge on any atom is -0.322 e. The van der Waals surface area contributed by atoms with Crippen LogP contribution >= 0.6 is 12.4 Å². The summed E-state index contributed by atoms with van der Waals surface area (Å²) in [5, 5.41) is 5.94. The van der Waals surface area contributed by atoms with E-state index in [0.29, 0.717) is 5.56 Å². The van der Waals surface area contributed by atoms with Crippen LogP contribution in [0.3, 0.4) is 0 Å². The standard InChI is InChI=1S/C15H16N2O.ClH/c1-16-11-12-6-5-7-13(10-12)15(18)17-14-8-3-2-4-9-14;/h2-10,16H,11H2,1H3,(H,17,18);1H. The van der Waals surface area contributed by atoms with Crippen molar-refractivity contribution in [2.45, 2.75) is 6.54 Å². The first kappa shape index (κ1) is 15.2. The summed E-state index contributed by atoms with van der Waals surface area (Å²) in [6.07, 6.45) is 0. The molecule has 2 N–H and O–H groups in total. The highest BCUT2D eigenvalue weighted by Crippen LogP contribution is 2.10. The summed E-state index contributed by atoms with van der Waals surface area (Å²) < 4.78 is 0. The third-order valence-corrected chi connectivity index (χ3v) is 2.60. The van der Waals surface area contributed by atoms with Crippen molar-refractivity contribution in [1.82, 2.24) is 5.32 Å². The molecule has 4 heteroatoms. The van der Waals surface area contributed by atoms with Gasteiger partial charge in [-0.3, -0.25) is 4.79 Å². The Morgan fingerprint density at radius 1 is 1.05 bits per heavy atom. The Balaban J connectivity index is 0.00000180. The van der Waals surface area contributed by atoms with Gasteiger partial charge in [-0.25, -0.2) is 0 Å². The molecule has 100 valence electrons. The molecule has 0 aliphatic heterocycles. The van der Waals surface area contributed by atoms with Gasteiger partial charge in [-0.15, -0.1) is 12.4 Å². The summed E-state index contributed by atoms with van der Waals surface area (Å²) in [5.74, 6) is -0.0841. The second-order valence-corrected chi connectivity index (χ2v) is 4.05. The van der Waals surface area contributed by atoms with E-state index in [1.54, 1.807) is 0 Å². The molecule has 0 radical (unpaired) electrons. The minimum absolute atomic E-state index is 0. The van der Waals surface area contributed by atoms with Crippen molar-refractivity contribution in [3.8, 4) is 0 Å². The molecule has 2 aromatic rings. The van der Waals surface area contributed by atoms with Crippen LogP contribution in [0.25, 0.3) is 0 Å². The number of anilines is 1. The lowest BCUT2D eigenvalue weighted by molar-refractivity contribution is 0.102. The number of benzene rings is 2. The number of rotatable bonds is 4. The van der Waals surface area contributed by atoms with Gasteiger partial charge in [0.15, 0.2) is 0 Å². The Morgan fingerprint density at radius 2 is 1.79 bits per heavy atom. The summed E-state index contributed by atoms with van der Waals surface area (Å²) in [5.41, 5.74) is 2.58. The van der Waals surface area contributed by atoms with Gasteiger partial charge in [0.05, 0.1) is 0 Å². The first-order chi connectivity index (χ1) is 8.79. The molecule has 0 heterocycles. The maximum Gasteiger partial charge on any atom is 0.255 e. The monoisotopic (exact) mass is 276 g/mol. The van der Waals surface area contributed by atoms with Crippen LogP contribution in [0.1, 0.15) is 15.9 Å². The fraction of sp³-hybridized carbons (Fsp3) is 0.133. The van der Waals surface area contributed by atoms with Crippen LogP contribution in [-0.2, 0) is 6.54 Å². The van der Waals surface area contributed by atoms with Crippen LogP contribution in [-0.4, -0.2) is 13.0 Å². The van der Waals surface area contributed by atoms with E-state index in [-0.39, 0.29) is 18.3 Å². The third kappa shape index (κ3) is 4.39. The molecule has 2 aromatic carbocycles. The van der Waals surface area contributed by atoms with Crippen molar-refractivity contribution in [3.63, 3.8) is 0 Å². The fourth-order valence-corrected chi connectivity index (χ4v) is 1.75. The van der Waals surface area contributed by atoms with Crippen molar-refractivity contribution in [2.75, 3.05) is 12.4 Å². The summed E-state index contributed by atoms with van der Waals surface area (Å²) in [6.45, 7) is 0.756. The van der Waals surface area contributed by atoms with Gasteiger partial charge in [0.25, 0.3) is 5.91 Å². The van der Waals surface area contributed by atoms with E-state index in [1.165, 1.54) is 0 Å².